The van der Waals surface area contributed by atoms with Crippen molar-refractivity contribution in [3.05, 3.63) is 66.0 Å². The van der Waals surface area contributed by atoms with Crippen molar-refractivity contribution in [2.24, 2.45) is 0 Å². The van der Waals surface area contributed by atoms with E-state index in [9.17, 15) is 0 Å². The van der Waals surface area contributed by atoms with Gasteiger partial charge < -0.3 is 15.0 Å². The molecule has 0 bridgehead atoms. The molecule has 0 aliphatic rings. The van der Waals surface area contributed by atoms with Gasteiger partial charge in [0.25, 0.3) is 0 Å². The van der Waals surface area contributed by atoms with Crippen LogP contribution in [0.5, 0.6) is 0 Å². The molecule has 0 spiro atoms. The molecule has 5 nitrogen and oxygen atoms in total. The largest absolute Gasteiger partial charge is 0.382 e. The van der Waals surface area contributed by atoms with Gasteiger partial charge in [-0.05, 0) is 29.5 Å². The third-order valence-electron chi connectivity index (χ3n) is 5.29. The fourth-order valence-electron chi connectivity index (χ4n) is 3.61. The van der Waals surface area contributed by atoms with Gasteiger partial charge in [-0.25, -0.2) is 9.97 Å². The molecular formula is C24H28N4O. The number of para-hydroxylation sites is 1. The van der Waals surface area contributed by atoms with Gasteiger partial charge in [-0.2, -0.15) is 0 Å². The van der Waals surface area contributed by atoms with Crippen molar-refractivity contribution in [1.82, 2.24) is 14.5 Å². The molecule has 2 aromatic heterocycles. The average Bonchev–Trinajstić information content (AvgIpc) is 3.11. The molecule has 0 amide bonds. The Morgan fingerprint density at radius 1 is 1.07 bits per heavy atom. The summed E-state index contributed by atoms with van der Waals surface area (Å²) < 4.78 is 8.24. The molecule has 29 heavy (non-hydrogen) atoms. The number of aromatic nitrogens is 3. The number of nitrogens with two attached hydrogens (primary N) is 1. The SMILES string of the molecule is CC(Cn1cnc2c(N)nc3ccccc3c21)OCc1ccc(C(C)(C)C)cc1. The lowest BCUT2D eigenvalue weighted by atomic mass is 9.87. The van der Waals surface area contributed by atoms with Crippen LogP contribution >= 0.6 is 0 Å². The molecule has 4 aromatic rings. The molecule has 2 aromatic carbocycles. The second-order valence-electron chi connectivity index (χ2n) is 8.68. The molecule has 5 heteroatoms. The van der Waals surface area contributed by atoms with Crippen LogP contribution in [0.15, 0.2) is 54.9 Å². The third-order valence-corrected chi connectivity index (χ3v) is 5.29. The van der Waals surface area contributed by atoms with E-state index >= 15 is 0 Å². The first-order chi connectivity index (χ1) is 13.8. The van der Waals surface area contributed by atoms with E-state index in [4.69, 9.17) is 10.5 Å². The molecule has 4 rings (SSSR count). The molecule has 1 unspecified atom stereocenters. The number of nitrogens with zero attached hydrogens (tertiary/aromatic N) is 3. The average molecular weight is 389 g/mol. The van der Waals surface area contributed by atoms with Crippen LogP contribution in [0.1, 0.15) is 38.8 Å². The van der Waals surface area contributed by atoms with Crippen LogP contribution in [-0.4, -0.2) is 20.6 Å². The minimum Gasteiger partial charge on any atom is -0.382 e. The van der Waals surface area contributed by atoms with E-state index in [0.717, 1.165) is 21.9 Å². The van der Waals surface area contributed by atoms with Crippen molar-refractivity contribution in [3.63, 3.8) is 0 Å². The number of hydrogen-bond acceptors (Lipinski definition) is 4. The van der Waals surface area contributed by atoms with Crippen LogP contribution in [0.3, 0.4) is 0 Å². The zero-order valence-electron chi connectivity index (χ0n) is 17.5. The number of pyridine rings is 1. The fourth-order valence-corrected chi connectivity index (χ4v) is 3.61. The monoisotopic (exact) mass is 388 g/mol. The van der Waals surface area contributed by atoms with Crippen molar-refractivity contribution in [3.8, 4) is 0 Å². The van der Waals surface area contributed by atoms with Crippen molar-refractivity contribution in [2.75, 3.05) is 5.73 Å². The highest BCUT2D eigenvalue weighted by atomic mass is 16.5. The minimum atomic E-state index is 0.0304. The maximum Gasteiger partial charge on any atom is 0.152 e. The number of benzene rings is 2. The summed E-state index contributed by atoms with van der Waals surface area (Å²) in [6.45, 7) is 10.0. The lowest BCUT2D eigenvalue weighted by Gasteiger charge is -2.19. The first kappa shape index (κ1) is 19.4. The van der Waals surface area contributed by atoms with E-state index in [1.165, 1.54) is 11.1 Å². The second-order valence-corrected chi connectivity index (χ2v) is 8.68. The predicted octanol–water partition coefficient (Wildman–Crippen LogP) is 5.07. The van der Waals surface area contributed by atoms with E-state index in [0.29, 0.717) is 19.0 Å². The van der Waals surface area contributed by atoms with E-state index in [-0.39, 0.29) is 11.5 Å². The summed E-state index contributed by atoms with van der Waals surface area (Å²) in [5.41, 5.74) is 11.4. The van der Waals surface area contributed by atoms with Gasteiger partial charge in [-0.1, -0.05) is 63.2 Å². The van der Waals surface area contributed by atoms with Crippen molar-refractivity contribution < 1.29 is 4.74 Å². The Morgan fingerprint density at radius 2 is 1.79 bits per heavy atom. The van der Waals surface area contributed by atoms with Gasteiger partial charge in [0.1, 0.15) is 5.52 Å². The first-order valence-electron chi connectivity index (χ1n) is 10.0. The Kier molecular flexibility index (Phi) is 5.01. The Morgan fingerprint density at radius 3 is 2.52 bits per heavy atom. The molecule has 0 saturated carbocycles. The van der Waals surface area contributed by atoms with E-state index in [2.05, 4.69) is 72.6 Å². The molecule has 0 aliphatic carbocycles. The number of ether oxygens (including phenoxy) is 1. The summed E-state index contributed by atoms with van der Waals surface area (Å²) in [6.07, 6.45) is 1.86. The van der Waals surface area contributed by atoms with Crippen LogP contribution in [0.4, 0.5) is 5.82 Å². The Bertz CT molecular complexity index is 1140. The van der Waals surface area contributed by atoms with Gasteiger partial charge in [0.05, 0.1) is 36.6 Å². The maximum atomic E-state index is 6.13. The third kappa shape index (κ3) is 3.96. The number of hydrogen-bond donors (Lipinski definition) is 1. The topological polar surface area (TPSA) is 66.0 Å². The van der Waals surface area contributed by atoms with Crippen LogP contribution in [-0.2, 0) is 23.3 Å². The summed E-state index contributed by atoms with van der Waals surface area (Å²) in [6, 6.07) is 16.7. The van der Waals surface area contributed by atoms with Crippen LogP contribution in [0.2, 0.25) is 0 Å². The van der Waals surface area contributed by atoms with Gasteiger partial charge in [-0.3, -0.25) is 0 Å². The molecule has 2 heterocycles. The van der Waals surface area contributed by atoms with Crippen LogP contribution < -0.4 is 5.73 Å². The highest BCUT2D eigenvalue weighted by molar-refractivity contribution is 6.06. The second kappa shape index (κ2) is 7.48. The molecule has 2 N–H and O–H groups in total. The number of imidazole rings is 1. The lowest BCUT2D eigenvalue weighted by molar-refractivity contribution is 0.0426. The molecule has 1 atom stereocenters. The van der Waals surface area contributed by atoms with E-state index < -0.39 is 0 Å². The summed E-state index contributed by atoms with van der Waals surface area (Å²) >= 11 is 0. The Labute approximate surface area is 171 Å². The zero-order valence-corrected chi connectivity index (χ0v) is 17.5. The molecule has 0 aliphatic heterocycles. The molecule has 0 fully saturated rings. The van der Waals surface area contributed by atoms with E-state index in [1.54, 1.807) is 0 Å². The van der Waals surface area contributed by atoms with Gasteiger partial charge in [0.15, 0.2) is 5.82 Å². The number of anilines is 1. The van der Waals surface area contributed by atoms with Gasteiger partial charge in [-0.15, -0.1) is 0 Å². The smallest absolute Gasteiger partial charge is 0.152 e. The van der Waals surface area contributed by atoms with Crippen molar-refractivity contribution in [1.29, 1.82) is 0 Å². The molecule has 0 radical (unpaired) electrons. The van der Waals surface area contributed by atoms with E-state index in [1.807, 2.05) is 24.5 Å². The van der Waals surface area contributed by atoms with Crippen LogP contribution in [0, 0.1) is 0 Å². The molecule has 150 valence electrons. The number of nitrogen functional groups attached to an aromatic ring is 1. The minimum absolute atomic E-state index is 0.0304. The van der Waals surface area contributed by atoms with Gasteiger partial charge in [0, 0.05) is 5.39 Å². The van der Waals surface area contributed by atoms with Gasteiger partial charge in [0.2, 0.25) is 0 Å². The zero-order chi connectivity index (χ0) is 20.6. The Hall–Kier alpha value is -2.92. The van der Waals surface area contributed by atoms with Crippen molar-refractivity contribution >= 4 is 27.8 Å². The summed E-state index contributed by atoms with van der Waals surface area (Å²) in [5, 5.41) is 1.05. The maximum absolute atomic E-state index is 6.13. The Balaban J connectivity index is 1.50. The summed E-state index contributed by atoms with van der Waals surface area (Å²) in [4.78, 5) is 8.96. The summed E-state index contributed by atoms with van der Waals surface area (Å²) in [5.74, 6) is 0.463. The number of rotatable bonds is 5. The van der Waals surface area contributed by atoms with Gasteiger partial charge >= 0.3 is 0 Å². The first-order valence-corrected chi connectivity index (χ1v) is 10.0. The normalized spacial score (nSPS) is 13.2. The highest BCUT2D eigenvalue weighted by Crippen LogP contribution is 2.27. The fraction of sp³-hybridized carbons (Fsp3) is 0.333. The standard InChI is InChI=1S/C24H28N4O/c1-16(29-14-17-9-11-18(12-10-17)24(2,3)4)13-28-15-26-21-22(28)19-7-5-6-8-20(19)27-23(21)25/h5-12,15-16H,13-14H2,1-4H3,(H2,25,27). The quantitative estimate of drug-likeness (QED) is 0.518. The highest BCUT2D eigenvalue weighted by Gasteiger charge is 2.15. The predicted molar refractivity (Wildman–Crippen MR) is 119 cm³/mol. The van der Waals surface area contributed by atoms with Crippen LogP contribution in [0.25, 0.3) is 21.9 Å². The number of fused-ring (bicyclic) bond motifs is 3. The molecular weight excluding hydrogens is 360 g/mol. The van der Waals surface area contributed by atoms with Crippen molar-refractivity contribution in [2.45, 2.75) is 52.4 Å². The molecule has 0 saturated heterocycles. The summed E-state index contributed by atoms with van der Waals surface area (Å²) in [7, 11) is 0. The lowest BCUT2D eigenvalue weighted by Crippen LogP contribution is -2.16.